The fourth-order valence-electron chi connectivity index (χ4n) is 1.31. The molecule has 0 spiro atoms. The van der Waals surface area contributed by atoms with Crippen molar-refractivity contribution in [1.82, 2.24) is 0 Å². The van der Waals surface area contributed by atoms with Crippen molar-refractivity contribution >= 4 is 22.6 Å². The molecule has 12 heavy (non-hydrogen) atoms. The molecular weight excluding hydrogens is 277 g/mol. The largest absolute Gasteiger partial charge is 0.365 e. The van der Waals surface area contributed by atoms with E-state index in [9.17, 15) is 8.78 Å². The monoisotopic (exact) mass is 290 g/mol. The molecule has 72 valence electrons. The van der Waals surface area contributed by atoms with Gasteiger partial charge in [-0.3, -0.25) is 0 Å². The van der Waals surface area contributed by atoms with Gasteiger partial charge in [0.1, 0.15) is 5.60 Å². The Morgan fingerprint density at radius 2 is 2.08 bits per heavy atom. The standard InChI is InChI=1S/C8H13F2IO/c1-7(2)8(9,10)4-3-6(5-11)12-7/h6H,3-5H2,1-2H3. The summed E-state index contributed by atoms with van der Waals surface area (Å²) in [4.78, 5) is 0. The lowest BCUT2D eigenvalue weighted by atomic mass is 9.91. The minimum Gasteiger partial charge on any atom is -0.365 e. The van der Waals surface area contributed by atoms with Gasteiger partial charge in [-0.1, -0.05) is 22.6 Å². The lowest BCUT2D eigenvalue weighted by Crippen LogP contribution is -2.52. The SMILES string of the molecule is CC1(C)OC(CI)CCC1(F)F. The average molecular weight is 290 g/mol. The van der Waals surface area contributed by atoms with Crippen LogP contribution >= 0.6 is 22.6 Å². The van der Waals surface area contributed by atoms with Crippen LogP contribution in [0.2, 0.25) is 0 Å². The molecule has 0 saturated carbocycles. The van der Waals surface area contributed by atoms with E-state index in [0.717, 1.165) is 4.43 Å². The zero-order valence-corrected chi connectivity index (χ0v) is 9.40. The molecule has 1 atom stereocenters. The number of alkyl halides is 3. The molecule has 1 nitrogen and oxygen atoms in total. The third-order valence-corrected chi connectivity index (χ3v) is 3.28. The molecule has 1 aliphatic rings. The van der Waals surface area contributed by atoms with E-state index in [1.165, 1.54) is 13.8 Å². The number of ether oxygens (including phenoxy) is 1. The van der Waals surface area contributed by atoms with Crippen molar-refractivity contribution in [2.45, 2.75) is 44.3 Å². The Kier molecular flexibility index (Phi) is 2.98. The van der Waals surface area contributed by atoms with Crippen LogP contribution in [0, 0.1) is 0 Å². The summed E-state index contributed by atoms with van der Waals surface area (Å²) in [5, 5.41) is 0. The van der Waals surface area contributed by atoms with Crippen LogP contribution in [0.1, 0.15) is 26.7 Å². The van der Waals surface area contributed by atoms with Gasteiger partial charge in [0.05, 0.1) is 6.10 Å². The maximum absolute atomic E-state index is 13.2. The lowest BCUT2D eigenvalue weighted by molar-refractivity contribution is -0.241. The van der Waals surface area contributed by atoms with Crippen LogP contribution in [0.3, 0.4) is 0 Å². The van der Waals surface area contributed by atoms with Gasteiger partial charge in [-0.05, 0) is 20.3 Å². The van der Waals surface area contributed by atoms with Crippen molar-refractivity contribution in [3.8, 4) is 0 Å². The van der Waals surface area contributed by atoms with Gasteiger partial charge < -0.3 is 4.74 Å². The Morgan fingerprint density at radius 3 is 2.50 bits per heavy atom. The molecule has 0 amide bonds. The van der Waals surface area contributed by atoms with Gasteiger partial charge in [0, 0.05) is 10.8 Å². The number of halogens is 3. The fourth-order valence-corrected chi connectivity index (χ4v) is 1.93. The number of hydrogen-bond acceptors (Lipinski definition) is 1. The number of hydrogen-bond donors (Lipinski definition) is 0. The van der Waals surface area contributed by atoms with Gasteiger partial charge in [0.15, 0.2) is 0 Å². The number of rotatable bonds is 1. The Labute approximate surface area is 85.0 Å². The summed E-state index contributed by atoms with van der Waals surface area (Å²) in [6.07, 6.45) is 0.424. The van der Waals surface area contributed by atoms with E-state index in [1.54, 1.807) is 0 Å². The summed E-state index contributed by atoms with van der Waals surface area (Å²) in [6.45, 7) is 2.93. The fraction of sp³-hybridized carbons (Fsp3) is 1.00. The van der Waals surface area contributed by atoms with Crippen LogP contribution in [0.4, 0.5) is 8.78 Å². The van der Waals surface area contributed by atoms with Gasteiger partial charge >= 0.3 is 0 Å². The van der Waals surface area contributed by atoms with E-state index in [-0.39, 0.29) is 12.5 Å². The van der Waals surface area contributed by atoms with Crippen LogP contribution in [0.5, 0.6) is 0 Å². The van der Waals surface area contributed by atoms with E-state index in [4.69, 9.17) is 4.74 Å². The normalized spacial score (nSPS) is 33.2. The van der Waals surface area contributed by atoms with Crippen molar-refractivity contribution in [3.05, 3.63) is 0 Å². The van der Waals surface area contributed by atoms with E-state index in [1.807, 2.05) is 0 Å². The first kappa shape index (κ1) is 10.6. The highest BCUT2D eigenvalue weighted by Gasteiger charge is 2.51. The second kappa shape index (κ2) is 3.36. The molecule has 0 aliphatic carbocycles. The molecule has 1 rings (SSSR count). The van der Waals surface area contributed by atoms with Gasteiger partial charge in [-0.15, -0.1) is 0 Å². The average Bonchev–Trinajstić information content (AvgIpc) is 1.95. The summed E-state index contributed by atoms with van der Waals surface area (Å²) >= 11 is 2.17. The Hall–Kier alpha value is 0.550. The van der Waals surface area contributed by atoms with Crippen molar-refractivity contribution in [2.75, 3.05) is 4.43 Å². The van der Waals surface area contributed by atoms with Gasteiger partial charge in [0.2, 0.25) is 0 Å². The lowest BCUT2D eigenvalue weighted by Gasteiger charge is -2.41. The minimum atomic E-state index is -2.67. The summed E-state index contributed by atoms with van der Waals surface area (Å²) in [7, 11) is 0. The summed E-state index contributed by atoms with van der Waals surface area (Å²) in [5.74, 6) is -2.67. The topological polar surface area (TPSA) is 9.23 Å². The highest BCUT2D eigenvalue weighted by molar-refractivity contribution is 14.1. The van der Waals surface area contributed by atoms with Crippen molar-refractivity contribution < 1.29 is 13.5 Å². The predicted octanol–water partition coefficient (Wildman–Crippen LogP) is 3.01. The van der Waals surface area contributed by atoms with E-state index < -0.39 is 11.5 Å². The first-order valence-corrected chi connectivity index (χ1v) is 5.53. The molecule has 0 aromatic rings. The van der Waals surface area contributed by atoms with Gasteiger partial charge in [0.25, 0.3) is 5.92 Å². The molecule has 1 heterocycles. The second-order valence-corrected chi connectivity index (χ2v) is 4.53. The predicted molar refractivity (Wildman–Crippen MR) is 52.0 cm³/mol. The van der Waals surface area contributed by atoms with Crippen LogP contribution in [0.25, 0.3) is 0 Å². The molecular formula is C8H13F2IO. The molecule has 0 N–H and O–H groups in total. The van der Waals surface area contributed by atoms with Gasteiger partial charge in [-0.25, -0.2) is 8.78 Å². The maximum Gasteiger partial charge on any atom is 0.276 e. The van der Waals surface area contributed by atoms with Crippen LogP contribution in [0.15, 0.2) is 0 Å². The molecule has 0 bridgehead atoms. The quantitative estimate of drug-likeness (QED) is 0.533. The molecule has 1 saturated heterocycles. The zero-order valence-electron chi connectivity index (χ0n) is 7.24. The van der Waals surface area contributed by atoms with Crippen molar-refractivity contribution in [3.63, 3.8) is 0 Å². The minimum absolute atomic E-state index is 0.000208. The third kappa shape index (κ3) is 1.89. The van der Waals surface area contributed by atoms with Crippen molar-refractivity contribution in [1.29, 1.82) is 0 Å². The molecule has 1 aliphatic heterocycles. The second-order valence-electron chi connectivity index (χ2n) is 3.65. The van der Waals surface area contributed by atoms with Crippen molar-refractivity contribution in [2.24, 2.45) is 0 Å². The molecule has 0 aromatic carbocycles. The zero-order chi connectivity index (χ0) is 9.41. The van der Waals surface area contributed by atoms with E-state index >= 15 is 0 Å². The Balaban J connectivity index is 2.68. The Morgan fingerprint density at radius 1 is 1.50 bits per heavy atom. The van der Waals surface area contributed by atoms with Crippen LogP contribution < -0.4 is 0 Å². The first-order valence-electron chi connectivity index (χ1n) is 4.01. The molecule has 0 radical (unpaired) electrons. The molecule has 0 aromatic heterocycles. The van der Waals surface area contributed by atoms with E-state index in [0.29, 0.717) is 6.42 Å². The smallest absolute Gasteiger partial charge is 0.276 e. The van der Waals surface area contributed by atoms with Crippen LogP contribution in [-0.2, 0) is 4.74 Å². The first-order chi connectivity index (χ1) is 5.39. The van der Waals surface area contributed by atoms with Gasteiger partial charge in [-0.2, -0.15) is 0 Å². The molecule has 1 unspecified atom stereocenters. The highest BCUT2D eigenvalue weighted by atomic mass is 127. The third-order valence-electron chi connectivity index (χ3n) is 2.29. The summed E-state index contributed by atoms with van der Waals surface area (Å²) < 4.78 is 32.4. The van der Waals surface area contributed by atoms with E-state index in [2.05, 4.69) is 22.6 Å². The summed E-state index contributed by atoms with van der Waals surface area (Å²) in [5.41, 5.74) is -1.29. The highest BCUT2D eigenvalue weighted by Crippen LogP contribution is 2.41. The Bertz CT molecular complexity index is 170. The molecule has 1 fully saturated rings. The molecule has 4 heteroatoms. The van der Waals surface area contributed by atoms with Crippen LogP contribution in [-0.4, -0.2) is 22.1 Å². The maximum atomic E-state index is 13.2. The summed E-state index contributed by atoms with van der Waals surface area (Å²) in [6, 6.07) is 0.